The highest BCUT2D eigenvalue weighted by Crippen LogP contribution is 2.21. The first-order valence-corrected chi connectivity index (χ1v) is 6.06. The molecule has 2 unspecified atom stereocenters. The minimum Gasteiger partial charge on any atom is -0.481 e. The van der Waals surface area contributed by atoms with Crippen LogP contribution in [0.5, 0.6) is 0 Å². The second-order valence-corrected chi connectivity index (χ2v) is 4.30. The van der Waals surface area contributed by atoms with Gasteiger partial charge in [0.15, 0.2) is 0 Å². The van der Waals surface area contributed by atoms with Crippen LogP contribution in [0.1, 0.15) is 23.7 Å². The molecule has 0 saturated carbocycles. The highest BCUT2D eigenvalue weighted by atomic mass is 32.1. The Hall–Kier alpha value is -1.11. The zero-order valence-electron chi connectivity index (χ0n) is 9.58. The van der Waals surface area contributed by atoms with Gasteiger partial charge in [-0.1, -0.05) is 12.1 Å². The van der Waals surface area contributed by atoms with Crippen LogP contribution in [0, 0.1) is 5.82 Å². The Morgan fingerprint density at radius 2 is 2.06 bits per heavy atom. The number of halogens is 1. The van der Waals surface area contributed by atoms with Crippen molar-refractivity contribution in [2.75, 3.05) is 5.75 Å². The molecule has 1 aromatic carbocycles. The van der Waals surface area contributed by atoms with Gasteiger partial charge in [-0.15, -0.1) is 0 Å². The lowest BCUT2D eigenvalue weighted by molar-refractivity contribution is -0.136. The maximum absolute atomic E-state index is 13.6. The van der Waals surface area contributed by atoms with Gasteiger partial charge in [-0.05, 0) is 23.6 Å². The normalized spacial score (nSPS) is 14.2. The Kier molecular flexibility index (Phi) is 5.58. The van der Waals surface area contributed by atoms with Crippen molar-refractivity contribution in [2.24, 2.45) is 0 Å². The number of aliphatic carboxylic acids is 1. The van der Waals surface area contributed by atoms with Gasteiger partial charge in [0.2, 0.25) is 0 Å². The SMILES string of the molecule is O=C(O)CCc1ccc(C(O)C(O)CS)cc1F. The van der Waals surface area contributed by atoms with Crippen LogP contribution in [0.4, 0.5) is 4.39 Å². The summed E-state index contributed by atoms with van der Waals surface area (Å²) in [6.07, 6.45) is -2.34. The molecule has 0 spiro atoms. The van der Waals surface area contributed by atoms with Crippen molar-refractivity contribution >= 4 is 18.6 Å². The van der Waals surface area contributed by atoms with Crippen LogP contribution in [0.3, 0.4) is 0 Å². The molecule has 0 aromatic heterocycles. The Bertz CT molecular complexity index is 425. The van der Waals surface area contributed by atoms with Crippen molar-refractivity contribution in [3.05, 3.63) is 35.1 Å². The highest BCUT2D eigenvalue weighted by Gasteiger charge is 2.18. The number of aryl methyl sites for hydroxylation is 1. The smallest absolute Gasteiger partial charge is 0.303 e. The molecular formula is C12H15FO4S. The molecule has 100 valence electrons. The molecule has 2 atom stereocenters. The lowest BCUT2D eigenvalue weighted by Crippen LogP contribution is -2.20. The van der Waals surface area contributed by atoms with Gasteiger partial charge < -0.3 is 15.3 Å². The molecule has 0 bridgehead atoms. The number of thiol groups is 1. The fourth-order valence-corrected chi connectivity index (χ4v) is 1.71. The summed E-state index contributed by atoms with van der Waals surface area (Å²) in [4.78, 5) is 10.4. The first-order valence-electron chi connectivity index (χ1n) is 5.42. The third-order valence-corrected chi connectivity index (χ3v) is 2.95. The fourth-order valence-electron chi connectivity index (χ4n) is 1.51. The van der Waals surface area contributed by atoms with Crippen LogP contribution in [0.25, 0.3) is 0 Å². The van der Waals surface area contributed by atoms with Crippen LogP contribution in [0.2, 0.25) is 0 Å². The van der Waals surface area contributed by atoms with E-state index in [4.69, 9.17) is 5.11 Å². The standard InChI is InChI=1S/C12H15FO4S/c13-9-5-8(12(17)10(14)6-18)2-1-7(9)3-4-11(15)16/h1-2,5,10,12,14,17-18H,3-4,6H2,(H,15,16). The van der Waals surface area contributed by atoms with Crippen molar-refractivity contribution in [3.63, 3.8) is 0 Å². The molecule has 1 aromatic rings. The maximum Gasteiger partial charge on any atom is 0.303 e. The van der Waals surface area contributed by atoms with Crippen molar-refractivity contribution in [1.82, 2.24) is 0 Å². The third kappa shape index (κ3) is 3.97. The Morgan fingerprint density at radius 3 is 2.56 bits per heavy atom. The van der Waals surface area contributed by atoms with Crippen LogP contribution >= 0.6 is 12.6 Å². The van der Waals surface area contributed by atoms with E-state index in [1.165, 1.54) is 12.1 Å². The monoisotopic (exact) mass is 274 g/mol. The average Bonchev–Trinajstić information content (AvgIpc) is 2.35. The minimum atomic E-state index is -1.20. The van der Waals surface area contributed by atoms with Gasteiger partial charge in [0.05, 0.1) is 6.10 Å². The molecule has 1 rings (SSSR count). The molecule has 4 nitrogen and oxygen atoms in total. The molecule has 0 radical (unpaired) electrons. The van der Waals surface area contributed by atoms with Gasteiger partial charge in [-0.25, -0.2) is 4.39 Å². The average molecular weight is 274 g/mol. The van der Waals surface area contributed by atoms with Crippen molar-refractivity contribution < 1.29 is 24.5 Å². The van der Waals surface area contributed by atoms with Gasteiger partial charge in [0.1, 0.15) is 11.9 Å². The maximum atomic E-state index is 13.6. The van der Waals surface area contributed by atoms with Gasteiger partial charge in [-0.2, -0.15) is 12.6 Å². The molecule has 0 aliphatic rings. The Balaban J connectivity index is 2.81. The van der Waals surface area contributed by atoms with Crippen LogP contribution in [-0.2, 0) is 11.2 Å². The van der Waals surface area contributed by atoms with Gasteiger partial charge in [0, 0.05) is 12.2 Å². The first kappa shape index (κ1) is 14.9. The van der Waals surface area contributed by atoms with Gasteiger partial charge >= 0.3 is 5.97 Å². The lowest BCUT2D eigenvalue weighted by atomic mass is 10.0. The van der Waals surface area contributed by atoms with E-state index in [2.05, 4.69) is 12.6 Å². The number of carbonyl (C=O) groups is 1. The van der Waals surface area contributed by atoms with E-state index in [9.17, 15) is 19.4 Å². The summed E-state index contributed by atoms with van der Waals surface area (Å²) in [5, 5.41) is 27.6. The second kappa shape index (κ2) is 6.72. The molecule has 0 aliphatic heterocycles. The van der Waals surface area contributed by atoms with Crippen LogP contribution in [0.15, 0.2) is 18.2 Å². The quantitative estimate of drug-likeness (QED) is 0.587. The fraction of sp³-hybridized carbons (Fsp3) is 0.417. The summed E-state index contributed by atoms with van der Waals surface area (Å²) in [5.41, 5.74) is 0.516. The largest absolute Gasteiger partial charge is 0.481 e. The molecule has 0 saturated heterocycles. The van der Waals surface area contributed by atoms with Gasteiger partial charge in [-0.3, -0.25) is 4.79 Å². The second-order valence-electron chi connectivity index (χ2n) is 3.94. The van der Waals surface area contributed by atoms with Crippen LogP contribution < -0.4 is 0 Å². The number of carboxylic acid groups (broad SMARTS) is 1. The van der Waals surface area contributed by atoms with E-state index in [1.807, 2.05) is 0 Å². The molecule has 6 heteroatoms. The zero-order chi connectivity index (χ0) is 13.7. The molecular weight excluding hydrogens is 259 g/mol. The lowest BCUT2D eigenvalue weighted by Gasteiger charge is -2.16. The molecule has 0 amide bonds. The number of benzene rings is 1. The minimum absolute atomic E-state index is 0.0591. The van der Waals surface area contributed by atoms with E-state index < -0.39 is 24.0 Å². The summed E-state index contributed by atoms with van der Waals surface area (Å²) < 4.78 is 13.6. The number of rotatable bonds is 6. The Morgan fingerprint density at radius 1 is 1.39 bits per heavy atom. The molecule has 3 N–H and O–H groups in total. The van der Waals surface area contributed by atoms with E-state index in [0.29, 0.717) is 0 Å². The summed E-state index contributed by atoms with van der Waals surface area (Å²) in [7, 11) is 0. The molecule has 0 aliphatic carbocycles. The predicted octanol–water partition coefficient (Wildman–Crippen LogP) is 1.17. The van der Waals surface area contributed by atoms with E-state index >= 15 is 0 Å². The zero-order valence-corrected chi connectivity index (χ0v) is 10.5. The summed E-state index contributed by atoms with van der Waals surface area (Å²) >= 11 is 3.84. The molecule has 0 heterocycles. The summed E-state index contributed by atoms with van der Waals surface area (Å²) in [5.74, 6) is -1.52. The van der Waals surface area contributed by atoms with Crippen molar-refractivity contribution in [2.45, 2.75) is 25.0 Å². The highest BCUT2D eigenvalue weighted by molar-refractivity contribution is 7.80. The summed E-state index contributed by atoms with van der Waals surface area (Å²) in [6, 6.07) is 3.99. The number of hydrogen-bond donors (Lipinski definition) is 4. The topological polar surface area (TPSA) is 77.8 Å². The van der Waals surface area contributed by atoms with E-state index in [0.717, 1.165) is 6.07 Å². The van der Waals surface area contributed by atoms with Gasteiger partial charge in [0.25, 0.3) is 0 Å². The Labute approximate surface area is 109 Å². The number of carboxylic acids is 1. The third-order valence-electron chi connectivity index (χ3n) is 2.58. The molecule has 18 heavy (non-hydrogen) atoms. The predicted molar refractivity (Wildman–Crippen MR) is 67.2 cm³/mol. The van der Waals surface area contributed by atoms with E-state index in [1.54, 1.807) is 0 Å². The molecule has 0 fully saturated rings. The summed E-state index contributed by atoms with van der Waals surface area (Å²) in [6.45, 7) is 0. The number of aliphatic hydroxyl groups is 2. The first-order chi connectivity index (χ1) is 8.45. The number of hydrogen-bond acceptors (Lipinski definition) is 4. The van der Waals surface area contributed by atoms with Crippen LogP contribution in [-0.4, -0.2) is 33.1 Å². The van der Waals surface area contributed by atoms with Crippen molar-refractivity contribution in [1.29, 1.82) is 0 Å². The van der Waals surface area contributed by atoms with E-state index in [-0.39, 0.29) is 29.7 Å². The van der Waals surface area contributed by atoms with Crippen molar-refractivity contribution in [3.8, 4) is 0 Å². The number of aliphatic hydroxyl groups excluding tert-OH is 2.